The molecule has 0 bridgehead atoms. The lowest BCUT2D eigenvalue weighted by molar-refractivity contribution is -0.142. The standard InChI is InChI=1S/C15H23N5O2/c1-3-11(2)13(16)14(21)19-8-5-9-20(19)15(22)18-12-6-4-7-17-10-12/h4,6-7,10-11,13H,3,5,8-9,16H2,1-2H3,(H,18,22)/t11?,13-/m0/s1. The highest BCUT2D eigenvalue weighted by molar-refractivity contribution is 5.92. The van der Waals surface area contributed by atoms with Gasteiger partial charge in [-0.25, -0.2) is 14.8 Å². The fourth-order valence-corrected chi connectivity index (χ4v) is 2.35. The van der Waals surface area contributed by atoms with E-state index in [1.165, 1.54) is 10.0 Å². The Morgan fingerprint density at radius 3 is 2.77 bits per heavy atom. The van der Waals surface area contributed by atoms with Crippen molar-refractivity contribution < 1.29 is 9.59 Å². The minimum atomic E-state index is -0.586. The van der Waals surface area contributed by atoms with Crippen LogP contribution in [0.15, 0.2) is 24.5 Å². The summed E-state index contributed by atoms with van der Waals surface area (Å²) in [5.74, 6) is -0.121. The molecular formula is C15H23N5O2. The maximum atomic E-state index is 12.5. The van der Waals surface area contributed by atoms with Gasteiger partial charge >= 0.3 is 6.03 Å². The molecule has 22 heavy (non-hydrogen) atoms. The summed E-state index contributed by atoms with van der Waals surface area (Å²) >= 11 is 0. The Kier molecular flexibility index (Phi) is 5.32. The van der Waals surface area contributed by atoms with Crippen molar-refractivity contribution in [2.75, 3.05) is 18.4 Å². The molecule has 1 unspecified atom stereocenters. The van der Waals surface area contributed by atoms with Gasteiger partial charge in [-0.2, -0.15) is 0 Å². The number of amides is 3. The highest BCUT2D eigenvalue weighted by atomic mass is 16.2. The third-order valence-electron chi connectivity index (χ3n) is 3.98. The molecule has 7 heteroatoms. The van der Waals surface area contributed by atoms with Crippen LogP contribution in [0.1, 0.15) is 26.7 Å². The molecule has 7 nitrogen and oxygen atoms in total. The molecule has 1 fully saturated rings. The summed E-state index contributed by atoms with van der Waals surface area (Å²) in [6.07, 6.45) is 4.76. The normalized spacial score (nSPS) is 17.2. The molecule has 0 radical (unpaired) electrons. The number of hydrogen-bond donors (Lipinski definition) is 2. The molecule has 0 aliphatic carbocycles. The van der Waals surface area contributed by atoms with Crippen molar-refractivity contribution >= 4 is 17.6 Å². The Labute approximate surface area is 130 Å². The Hall–Kier alpha value is -2.15. The van der Waals surface area contributed by atoms with Crippen LogP contribution in [0.5, 0.6) is 0 Å². The van der Waals surface area contributed by atoms with Gasteiger partial charge in [0.1, 0.15) is 0 Å². The summed E-state index contributed by atoms with van der Waals surface area (Å²) in [5.41, 5.74) is 6.60. The zero-order valence-electron chi connectivity index (χ0n) is 13.0. The molecule has 1 aromatic rings. The first-order chi connectivity index (χ1) is 10.5. The molecule has 1 aliphatic rings. The molecule has 1 aromatic heterocycles. The van der Waals surface area contributed by atoms with Crippen molar-refractivity contribution in [1.29, 1.82) is 0 Å². The Morgan fingerprint density at radius 2 is 2.14 bits per heavy atom. The van der Waals surface area contributed by atoms with E-state index in [4.69, 9.17) is 5.73 Å². The van der Waals surface area contributed by atoms with Crippen LogP contribution in [-0.4, -0.2) is 46.1 Å². The van der Waals surface area contributed by atoms with E-state index in [-0.39, 0.29) is 17.9 Å². The lowest BCUT2D eigenvalue weighted by atomic mass is 9.99. The number of pyridine rings is 1. The van der Waals surface area contributed by atoms with E-state index in [1.807, 2.05) is 13.8 Å². The number of carbonyl (C=O) groups excluding carboxylic acids is 2. The van der Waals surface area contributed by atoms with Crippen LogP contribution in [-0.2, 0) is 4.79 Å². The number of nitrogens with zero attached hydrogens (tertiary/aromatic N) is 3. The first-order valence-electron chi connectivity index (χ1n) is 7.60. The van der Waals surface area contributed by atoms with Crippen molar-refractivity contribution in [2.24, 2.45) is 11.7 Å². The maximum Gasteiger partial charge on any atom is 0.340 e. The zero-order chi connectivity index (χ0) is 16.1. The molecule has 1 saturated heterocycles. The van der Waals surface area contributed by atoms with Crippen LogP contribution in [0.25, 0.3) is 0 Å². The van der Waals surface area contributed by atoms with Crippen LogP contribution in [0.2, 0.25) is 0 Å². The smallest absolute Gasteiger partial charge is 0.320 e. The zero-order valence-corrected chi connectivity index (χ0v) is 13.0. The van der Waals surface area contributed by atoms with Gasteiger partial charge in [0.25, 0.3) is 5.91 Å². The predicted molar refractivity (Wildman–Crippen MR) is 83.7 cm³/mol. The lowest BCUT2D eigenvalue weighted by Crippen LogP contribution is -2.53. The van der Waals surface area contributed by atoms with Crippen molar-refractivity contribution in [2.45, 2.75) is 32.7 Å². The number of carbonyl (C=O) groups is 2. The van der Waals surface area contributed by atoms with E-state index in [1.54, 1.807) is 24.5 Å². The largest absolute Gasteiger partial charge is 0.340 e. The monoisotopic (exact) mass is 305 g/mol. The molecule has 1 aliphatic heterocycles. The van der Waals surface area contributed by atoms with Gasteiger partial charge in [-0.05, 0) is 24.5 Å². The van der Waals surface area contributed by atoms with E-state index in [2.05, 4.69) is 10.3 Å². The van der Waals surface area contributed by atoms with Gasteiger partial charge in [0, 0.05) is 19.3 Å². The van der Waals surface area contributed by atoms with Crippen molar-refractivity contribution in [1.82, 2.24) is 15.0 Å². The Balaban J connectivity index is 2.03. The summed E-state index contributed by atoms with van der Waals surface area (Å²) < 4.78 is 0. The topological polar surface area (TPSA) is 91.6 Å². The molecule has 3 N–H and O–H groups in total. The summed E-state index contributed by atoms with van der Waals surface area (Å²) in [6.45, 7) is 4.96. The first kappa shape index (κ1) is 16.2. The van der Waals surface area contributed by atoms with Gasteiger partial charge in [0.2, 0.25) is 0 Å². The number of aromatic nitrogens is 1. The summed E-state index contributed by atoms with van der Waals surface area (Å²) in [4.78, 5) is 28.8. The third-order valence-corrected chi connectivity index (χ3v) is 3.98. The average molecular weight is 305 g/mol. The van der Waals surface area contributed by atoms with Gasteiger partial charge in [0.05, 0.1) is 17.9 Å². The van der Waals surface area contributed by atoms with E-state index in [9.17, 15) is 9.59 Å². The lowest BCUT2D eigenvalue weighted by Gasteiger charge is -2.31. The summed E-state index contributed by atoms with van der Waals surface area (Å²) in [5, 5.41) is 5.63. The van der Waals surface area contributed by atoms with Crippen molar-refractivity contribution in [3.8, 4) is 0 Å². The summed E-state index contributed by atoms with van der Waals surface area (Å²) in [7, 11) is 0. The second kappa shape index (κ2) is 7.22. The van der Waals surface area contributed by atoms with E-state index in [0.29, 0.717) is 18.8 Å². The number of anilines is 1. The second-order valence-electron chi connectivity index (χ2n) is 5.52. The van der Waals surface area contributed by atoms with E-state index >= 15 is 0 Å². The van der Waals surface area contributed by atoms with Crippen molar-refractivity contribution in [3.63, 3.8) is 0 Å². The molecule has 0 saturated carbocycles. The quantitative estimate of drug-likeness (QED) is 0.880. The molecule has 3 amide bonds. The number of rotatable bonds is 4. The van der Waals surface area contributed by atoms with Gasteiger partial charge in [0.15, 0.2) is 0 Å². The van der Waals surface area contributed by atoms with E-state index < -0.39 is 6.04 Å². The SMILES string of the molecule is CCC(C)[C@H](N)C(=O)N1CCCN1C(=O)Nc1cccnc1. The molecule has 2 atom stereocenters. The molecule has 2 rings (SSSR count). The van der Waals surface area contributed by atoms with Crippen LogP contribution >= 0.6 is 0 Å². The molecule has 0 aromatic carbocycles. The number of nitrogens with one attached hydrogen (secondary N) is 1. The van der Waals surface area contributed by atoms with Gasteiger partial charge in [-0.15, -0.1) is 0 Å². The fourth-order valence-electron chi connectivity index (χ4n) is 2.35. The predicted octanol–water partition coefficient (Wildman–Crippen LogP) is 1.44. The minimum Gasteiger partial charge on any atom is -0.320 e. The maximum absolute atomic E-state index is 12.5. The highest BCUT2D eigenvalue weighted by Gasteiger charge is 2.34. The highest BCUT2D eigenvalue weighted by Crippen LogP contribution is 2.17. The summed E-state index contributed by atoms with van der Waals surface area (Å²) in [6, 6.07) is 2.56. The number of hydrogen-bond acceptors (Lipinski definition) is 4. The Morgan fingerprint density at radius 1 is 1.41 bits per heavy atom. The third kappa shape index (κ3) is 3.54. The van der Waals surface area contributed by atoms with Crippen LogP contribution < -0.4 is 11.1 Å². The molecule has 0 spiro atoms. The minimum absolute atomic E-state index is 0.0799. The average Bonchev–Trinajstić information content (AvgIpc) is 3.03. The van der Waals surface area contributed by atoms with Crippen LogP contribution in [0.3, 0.4) is 0 Å². The number of nitrogens with two attached hydrogens (primary N) is 1. The Bertz CT molecular complexity index is 522. The van der Waals surface area contributed by atoms with Gasteiger partial charge < -0.3 is 11.1 Å². The second-order valence-corrected chi connectivity index (χ2v) is 5.52. The fraction of sp³-hybridized carbons (Fsp3) is 0.533. The molecule has 120 valence electrons. The van der Waals surface area contributed by atoms with Crippen molar-refractivity contribution in [3.05, 3.63) is 24.5 Å². The van der Waals surface area contributed by atoms with Crippen LogP contribution in [0.4, 0.5) is 10.5 Å². The molecule has 2 heterocycles. The van der Waals surface area contributed by atoms with Crippen LogP contribution in [0, 0.1) is 5.92 Å². The van der Waals surface area contributed by atoms with E-state index in [0.717, 1.165) is 12.8 Å². The van der Waals surface area contributed by atoms with Gasteiger partial charge in [-0.3, -0.25) is 9.78 Å². The number of hydrazine groups is 1. The molecular weight excluding hydrogens is 282 g/mol. The van der Waals surface area contributed by atoms with Gasteiger partial charge in [-0.1, -0.05) is 20.3 Å². The number of urea groups is 1. The first-order valence-corrected chi connectivity index (χ1v) is 7.60.